The summed E-state index contributed by atoms with van der Waals surface area (Å²) < 4.78 is 1.85. The first-order valence-electron chi connectivity index (χ1n) is 6.70. The average molecular weight is 287 g/mol. The van der Waals surface area contributed by atoms with Crippen molar-refractivity contribution in [2.75, 3.05) is 40.8 Å². The zero-order valence-corrected chi connectivity index (χ0v) is 12.7. The smallest absolute Gasteiger partial charge is 0.120 e. The van der Waals surface area contributed by atoms with Crippen LogP contribution in [0.3, 0.4) is 0 Å². The maximum Gasteiger partial charge on any atom is 0.120 e. The van der Waals surface area contributed by atoms with Crippen molar-refractivity contribution in [3.63, 3.8) is 0 Å². The minimum atomic E-state index is -0.882. The van der Waals surface area contributed by atoms with Crippen molar-refractivity contribution in [3.8, 4) is 0 Å². The van der Waals surface area contributed by atoms with Gasteiger partial charge in [0.25, 0.3) is 0 Å². The van der Waals surface area contributed by atoms with E-state index < -0.39 is 5.60 Å². The Bertz CT molecular complexity index is 434. The fourth-order valence-electron chi connectivity index (χ4n) is 2.73. The lowest BCUT2D eigenvalue weighted by atomic mass is 9.89. The number of likely N-dealkylation sites (N-methyl/N-ethyl adjacent to an activating group) is 2. The molecule has 6 heteroatoms. The lowest BCUT2D eigenvalue weighted by molar-refractivity contribution is -0.0347. The highest BCUT2D eigenvalue weighted by Crippen LogP contribution is 2.35. The van der Waals surface area contributed by atoms with Gasteiger partial charge in [-0.05, 0) is 40.5 Å². The number of aliphatic hydroxyl groups is 1. The van der Waals surface area contributed by atoms with E-state index in [9.17, 15) is 5.11 Å². The lowest BCUT2D eigenvalue weighted by Gasteiger charge is -2.38. The van der Waals surface area contributed by atoms with Gasteiger partial charge >= 0.3 is 0 Å². The van der Waals surface area contributed by atoms with Gasteiger partial charge in [-0.1, -0.05) is 11.6 Å². The Hall–Kier alpha value is -0.620. The van der Waals surface area contributed by atoms with E-state index in [4.69, 9.17) is 11.6 Å². The minimum absolute atomic E-state index is 0.566. The Balaban J connectivity index is 2.24. The molecule has 1 unspecified atom stereocenters. The molecular formula is C13H23ClN4O. The van der Waals surface area contributed by atoms with Crippen LogP contribution in [0.1, 0.15) is 18.5 Å². The third-order valence-corrected chi connectivity index (χ3v) is 3.93. The molecule has 0 bridgehead atoms. The van der Waals surface area contributed by atoms with Crippen LogP contribution in [0, 0.1) is 0 Å². The van der Waals surface area contributed by atoms with E-state index >= 15 is 0 Å². The van der Waals surface area contributed by atoms with Crippen LogP contribution in [-0.4, -0.2) is 65.5 Å². The Morgan fingerprint density at radius 1 is 1.53 bits per heavy atom. The third kappa shape index (κ3) is 3.28. The summed E-state index contributed by atoms with van der Waals surface area (Å²) in [4.78, 5) is 4.24. The second kappa shape index (κ2) is 5.79. The molecule has 1 atom stereocenters. The summed E-state index contributed by atoms with van der Waals surface area (Å²) in [6.45, 7) is 3.24. The number of piperidine rings is 1. The summed E-state index contributed by atoms with van der Waals surface area (Å²) in [5, 5.41) is 15.8. The normalized spacial score (nSPS) is 25.2. The molecule has 2 rings (SSSR count). The molecule has 19 heavy (non-hydrogen) atoms. The van der Waals surface area contributed by atoms with Gasteiger partial charge in [0.1, 0.15) is 5.60 Å². The first-order chi connectivity index (χ1) is 8.92. The monoisotopic (exact) mass is 286 g/mol. The Kier molecular flexibility index (Phi) is 4.50. The van der Waals surface area contributed by atoms with Crippen molar-refractivity contribution >= 4 is 11.6 Å². The van der Waals surface area contributed by atoms with Crippen molar-refractivity contribution < 1.29 is 5.11 Å². The number of likely N-dealkylation sites (tertiary alicyclic amines) is 1. The van der Waals surface area contributed by atoms with Gasteiger partial charge in [0, 0.05) is 13.1 Å². The molecule has 108 valence electrons. The van der Waals surface area contributed by atoms with Gasteiger partial charge in [-0.15, -0.1) is 0 Å². The number of nitrogens with zero attached hydrogens (tertiary/aromatic N) is 4. The zero-order valence-electron chi connectivity index (χ0n) is 11.9. The first kappa shape index (κ1) is 14.8. The fourth-order valence-corrected chi connectivity index (χ4v) is 3.05. The summed E-state index contributed by atoms with van der Waals surface area (Å²) in [5.41, 5.74) is -0.116. The Morgan fingerprint density at radius 2 is 2.26 bits per heavy atom. The number of aromatic nitrogens is 2. The van der Waals surface area contributed by atoms with Crippen molar-refractivity contribution in [2.45, 2.75) is 25.0 Å². The Labute approximate surface area is 119 Å². The zero-order chi connectivity index (χ0) is 14.0. The van der Waals surface area contributed by atoms with Gasteiger partial charge in [0.2, 0.25) is 0 Å². The fraction of sp³-hybridized carbons (Fsp3) is 0.769. The number of β-amino-alcohol motifs (C(OH)–C–C–N with tert-alkyl or cyclic N) is 1. The van der Waals surface area contributed by atoms with Crippen molar-refractivity contribution in [3.05, 3.63) is 16.9 Å². The van der Waals surface area contributed by atoms with E-state index in [1.165, 1.54) is 0 Å². The summed E-state index contributed by atoms with van der Waals surface area (Å²) >= 11 is 6.26. The SMILES string of the molecule is CN(C)CCn1ncc(Cl)c1C1(O)CCCN(C)C1. The van der Waals surface area contributed by atoms with Crippen molar-refractivity contribution in [1.29, 1.82) is 0 Å². The van der Waals surface area contributed by atoms with Gasteiger partial charge in [-0.3, -0.25) is 4.68 Å². The maximum absolute atomic E-state index is 10.9. The molecule has 0 saturated carbocycles. The molecule has 1 fully saturated rings. The second-order valence-electron chi connectivity index (χ2n) is 5.74. The van der Waals surface area contributed by atoms with Crippen molar-refractivity contribution in [2.24, 2.45) is 0 Å². The summed E-state index contributed by atoms with van der Waals surface area (Å²) in [7, 11) is 6.07. The van der Waals surface area contributed by atoms with Gasteiger partial charge in [0.05, 0.1) is 23.5 Å². The highest BCUT2D eigenvalue weighted by molar-refractivity contribution is 6.31. The number of hydrogen-bond acceptors (Lipinski definition) is 4. The standard InChI is InChI=1S/C13H23ClN4O/c1-16(2)7-8-18-12(11(14)9-15-18)13(19)5-4-6-17(3)10-13/h9,19H,4-8,10H2,1-3H3. The van der Waals surface area contributed by atoms with Crippen LogP contribution in [0.25, 0.3) is 0 Å². The number of rotatable bonds is 4. The van der Waals surface area contributed by atoms with Gasteiger partial charge in [-0.2, -0.15) is 5.10 Å². The molecule has 1 aromatic rings. The van der Waals surface area contributed by atoms with Gasteiger partial charge in [0.15, 0.2) is 0 Å². The largest absolute Gasteiger partial charge is 0.382 e. The molecule has 0 aromatic carbocycles. The van der Waals surface area contributed by atoms with Crippen LogP contribution in [0.4, 0.5) is 0 Å². The molecule has 1 aliphatic rings. The minimum Gasteiger partial charge on any atom is -0.382 e. The van der Waals surface area contributed by atoms with Crippen LogP contribution in [-0.2, 0) is 12.1 Å². The highest BCUT2D eigenvalue weighted by atomic mass is 35.5. The predicted octanol–water partition coefficient (Wildman–Crippen LogP) is 1.01. The number of halogens is 1. The summed E-state index contributed by atoms with van der Waals surface area (Å²) in [6, 6.07) is 0. The van der Waals surface area contributed by atoms with Gasteiger partial charge < -0.3 is 14.9 Å². The van der Waals surface area contributed by atoms with E-state index in [-0.39, 0.29) is 0 Å². The molecule has 0 radical (unpaired) electrons. The summed E-state index contributed by atoms with van der Waals surface area (Å²) in [5.74, 6) is 0. The molecule has 1 N–H and O–H groups in total. The van der Waals surface area contributed by atoms with Crippen LogP contribution >= 0.6 is 11.6 Å². The van der Waals surface area contributed by atoms with Gasteiger partial charge in [-0.25, -0.2) is 0 Å². The van der Waals surface area contributed by atoms with E-state index in [2.05, 4.69) is 14.9 Å². The van der Waals surface area contributed by atoms with Crippen LogP contribution in [0.15, 0.2) is 6.20 Å². The van der Waals surface area contributed by atoms with E-state index in [1.807, 2.05) is 25.8 Å². The molecule has 0 amide bonds. The molecule has 1 aliphatic heterocycles. The second-order valence-corrected chi connectivity index (χ2v) is 6.15. The molecule has 1 saturated heterocycles. The molecule has 1 aromatic heterocycles. The highest BCUT2D eigenvalue weighted by Gasteiger charge is 2.38. The van der Waals surface area contributed by atoms with Crippen LogP contribution in [0.2, 0.25) is 5.02 Å². The molecule has 2 heterocycles. The van der Waals surface area contributed by atoms with E-state index in [0.29, 0.717) is 11.6 Å². The molecular weight excluding hydrogens is 264 g/mol. The first-order valence-corrected chi connectivity index (χ1v) is 7.07. The Morgan fingerprint density at radius 3 is 2.89 bits per heavy atom. The molecule has 5 nitrogen and oxygen atoms in total. The third-order valence-electron chi connectivity index (χ3n) is 3.66. The number of hydrogen-bond donors (Lipinski definition) is 1. The topological polar surface area (TPSA) is 44.5 Å². The average Bonchev–Trinajstić information content (AvgIpc) is 2.68. The van der Waals surface area contributed by atoms with E-state index in [1.54, 1.807) is 6.20 Å². The van der Waals surface area contributed by atoms with Crippen LogP contribution < -0.4 is 0 Å². The quantitative estimate of drug-likeness (QED) is 0.897. The summed E-state index contributed by atoms with van der Waals surface area (Å²) in [6.07, 6.45) is 3.35. The van der Waals surface area contributed by atoms with E-state index in [0.717, 1.165) is 38.2 Å². The molecule has 0 aliphatic carbocycles. The lowest BCUT2D eigenvalue weighted by Crippen LogP contribution is -2.45. The van der Waals surface area contributed by atoms with Crippen molar-refractivity contribution in [1.82, 2.24) is 19.6 Å². The maximum atomic E-state index is 10.9. The molecule has 0 spiro atoms. The predicted molar refractivity (Wildman–Crippen MR) is 76.4 cm³/mol. The van der Waals surface area contributed by atoms with Crippen LogP contribution in [0.5, 0.6) is 0 Å².